The number of aromatic hydroxyl groups is 1. The second-order valence-electron chi connectivity index (χ2n) is 5.47. The number of likely N-dealkylation sites (tertiary alicyclic amines) is 1. The number of aryl methyl sites for hydroxylation is 1. The molecule has 114 valence electrons. The number of rotatable bonds is 2. The van der Waals surface area contributed by atoms with E-state index in [9.17, 15) is 9.90 Å². The average Bonchev–Trinajstić information content (AvgIpc) is 2.55. The van der Waals surface area contributed by atoms with Crippen molar-refractivity contribution in [2.45, 2.75) is 25.7 Å². The van der Waals surface area contributed by atoms with Gasteiger partial charge in [-0.2, -0.15) is 0 Å². The maximum Gasteiger partial charge on any atom is 0.276 e. The third kappa shape index (κ3) is 2.90. The fourth-order valence-corrected chi connectivity index (χ4v) is 2.79. The first kappa shape index (κ1) is 14.4. The van der Waals surface area contributed by atoms with E-state index in [4.69, 9.17) is 0 Å². The molecule has 0 atom stereocenters. The van der Waals surface area contributed by atoms with Crippen LogP contribution in [0.3, 0.4) is 0 Å². The van der Waals surface area contributed by atoms with E-state index in [2.05, 4.69) is 15.0 Å². The highest BCUT2D eigenvalue weighted by Gasteiger charge is 2.27. The van der Waals surface area contributed by atoms with Gasteiger partial charge in [-0.05, 0) is 38.0 Å². The Kier molecular flexibility index (Phi) is 4.00. The first-order chi connectivity index (χ1) is 10.6. The molecule has 1 N–H and O–H groups in total. The van der Waals surface area contributed by atoms with Gasteiger partial charge >= 0.3 is 0 Å². The first-order valence-electron chi connectivity index (χ1n) is 7.38. The van der Waals surface area contributed by atoms with Gasteiger partial charge in [0.25, 0.3) is 5.91 Å². The summed E-state index contributed by atoms with van der Waals surface area (Å²) in [6.45, 7) is 3.16. The third-order valence-corrected chi connectivity index (χ3v) is 3.99. The molecule has 6 heteroatoms. The van der Waals surface area contributed by atoms with Crippen LogP contribution in [0.5, 0.6) is 5.75 Å². The van der Waals surface area contributed by atoms with Crippen LogP contribution < -0.4 is 0 Å². The Morgan fingerprint density at radius 3 is 2.68 bits per heavy atom. The van der Waals surface area contributed by atoms with Crippen LogP contribution in [-0.4, -0.2) is 44.0 Å². The van der Waals surface area contributed by atoms with Gasteiger partial charge in [0.05, 0.1) is 0 Å². The predicted octanol–water partition coefficient (Wildman–Crippen LogP) is 1.91. The number of amides is 1. The highest BCUT2D eigenvalue weighted by atomic mass is 16.3. The summed E-state index contributed by atoms with van der Waals surface area (Å²) in [5, 5.41) is 9.75. The molecule has 1 amide bonds. The Bertz CT molecular complexity index is 681. The van der Waals surface area contributed by atoms with Gasteiger partial charge in [-0.15, -0.1) is 0 Å². The molecule has 1 aliphatic heterocycles. The van der Waals surface area contributed by atoms with Gasteiger partial charge in [-0.3, -0.25) is 4.79 Å². The lowest BCUT2D eigenvalue weighted by atomic mass is 9.93. The molecule has 1 fully saturated rings. The molecule has 22 heavy (non-hydrogen) atoms. The number of pyridine rings is 1. The summed E-state index contributed by atoms with van der Waals surface area (Å²) in [4.78, 5) is 26.7. The lowest BCUT2D eigenvalue weighted by molar-refractivity contribution is 0.0702. The van der Waals surface area contributed by atoms with E-state index >= 15 is 0 Å². The van der Waals surface area contributed by atoms with Crippen molar-refractivity contribution in [2.75, 3.05) is 13.1 Å². The maximum atomic E-state index is 12.4. The number of hydrogen-bond donors (Lipinski definition) is 1. The van der Waals surface area contributed by atoms with Crippen molar-refractivity contribution in [1.29, 1.82) is 0 Å². The number of piperidine rings is 1. The fraction of sp³-hybridized carbons (Fsp3) is 0.375. The topological polar surface area (TPSA) is 79.2 Å². The zero-order valence-corrected chi connectivity index (χ0v) is 12.4. The molecule has 1 aliphatic rings. The van der Waals surface area contributed by atoms with Gasteiger partial charge in [0.1, 0.15) is 11.6 Å². The molecule has 6 nitrogen and oxygen atoms in total. The van der Waals surface area contributed by atoms with Crippen LogP contribution in [0.2, 0.25) is 0 Å². The highest BCUT2D eigenvalue weighted by molar-refractivity contribution is 5.94. The standard InChI is InChI=1S/C16H18N4O2/c1-11-17-8-4-13(19-11)12-5-9-20(10-6-12)16(22)15-14(21)3-2-7-18-15/h2-4,7-8,12,21H,5-6,9-10H2,1H3. The maximum absolute atomic E-state index is 12.4. The van der Waals surface area contributed by atoms with E-state index in [1.807, 2.05) is 13.0 Å². The Morgan fingerprint density at radius 1 is 1.23 bits per heavy atom. The van der Waals surface area contributed by atoms with E-state index in [1.54, 1.807) is 17.2 Å². The number of aromatic nitrogens is 3. The van der Waals surface area contributed by atoms with E-state index in [-0.39, 0.29) is 17.4 Å². The molecule has 1 saturated heterocycles. The quantitative estimate of drug-likeness (QED) is 0.916. The zero-order chi connectivity index (χ0) is 15.5. The third-order valence-electron chi connectivity index (χ3n) is 3.99. The van der Waals surface area contributed by atoms with E-state index in [1.165, 1.54) is 12.3 Å². The fourth-order valence-electron chi connectivity index (χ4n) is 2.79. The molecule has 0 saturated carbocycles. The van der Waals surface area contributed by atoms with Crippen LogP contribution in [0.15, 0.2) is 30.6 Å². The molecule has 0 aliphatic carbocycles. The Hall–Kier alpha value is -2.50. The van der Waals surface area contributed by atoms with Crippen molar-refractivity contribution in [3.8, 4) is 5.75 Å². The molecule has 0 unspecified atom stereocenters. The molecule has 3 rings (SSSR count). The molecular weight excluding hydrogens is 280 g/mol. The minimum Gasteiger partial charge on any atom is -0.505 e. The average molecular weight is 298 g/mol. The Balaban J connectivity index is 1.67. The molecule has 0 bridgehead atoms. The van der Waals surface area contributed by atoms with E-state index in [0.717, 1.165) is 24.4 Å². The summed E-state index contributed by atoms with van der Waals surface area (Å²) in [5.41, 5.74) is 1.17. The first-order valence-corrected chi connectivity index (χ1v) is 7.38. The lowest BCUT2D eigenvalue weighted by Gasteiger charge is -2.31. The summed E-state index contributed by atoms with van der Waals surface area (Å²) in [7, 11) is 0. The Labute approximate surface area is 128 Å². The van der Waals surface area contributed by atoms with Crippen molar-refractivity contribution in [1.82, 2.24) is 19.9 Å². The van der Waals surface area contributed by atoms with Crippen molar-refractivity contribution in [3.63, 3.8) is 0 Å². The number of carbonyl (C=O) groups is 1. The number of hydrogen-bond acceptors (Lipinski definition) is 5. The van der Waals surface area contributed by atoms with Crippen molar-refractivity contribution >= 4 is 5.91 Å². The summed E-state index contributed by atoms with van der Waals surface area (Å²) in [5.74, 6) is 0.842. The van der Waals surface area contributed by atoms with Gasteiger partial charge in [0.2, 0.25) is 0 Å². The molecule has 2 aromatic heterocycles. The van der Waals surface area contributed by atoms with E-state index in [0.29, 0.717) is 19.0 Å². The van der Waals surface area contributed by atoms with Crippen LogP contribution in [0.25, 0.3) is 0 Å². The monoisotopic (exact) mass is 298 g/mol. The zero-order valence-electron chi connectivity index (χ0n) is 12.4. The SMILES string of the molecule is Cc1nccc(C2CCN(C(=O)c3ncccc3O)CC2)n1. The highest BCUT2D eigenvalue weighted by Crippen LogP contribution is 2.27. The van der Waals surface area contributed by atoms with Crippen LogP contribution in [-0.2, 0) is 0 Å². The van der Waals surface area contributed by atoms with Gasteiger partial charge < -0.3 is 10.0 Å². The molecule has 3 heterocycles. The molecular formula is C16H18N4O2. The molecule has 0 spiro atoms. The van der Waals surface area contributed by atoms with Crippen molar-refractivity contribution < 1.29 is 9.90 Å². The van der Waals surface area contributed by atoms with Gasteiger partial charge in [-0.25, -0.2) is 15.0 Å². The second kappa shape index (κ2) is 6.09. The van der Waals surface area contributed by atoms with Crippen LogP contribution in [0.4, 0.5) is 0 Å². The summed E-state index contributed by atoms with van der Waals surface area (Å²) in [6, 6.07) is 5.03. The Morgan fingerprint density at radius 2 is 2.00 bits per heavy atom. The lowest BCUT2D eigenvalue weighted by Crippen LogP contribution is -2.38. The number of carbonyl (C=O) groups excluding carboxylic acids is 1. The predicted molar refractivity (Wildman–Crippen MR) is 80.5 cm³/mol. The molecule has 0 aromatic carbocycles. The normalized spacial score (nSPS) is 15.8. The van der Waals surface area contributed by atoms with Crippen LogP contribution in [0, 0.1) is 6.92 Å². The summed E-state index contributed by atoms with van der Waals surface area (Å²) in [6.07, 6.45) is 5.01. The molecule has 0 radical (unpaired) electrons. The largest absolute Gasteiger partial charge is 0.505 e. The van der Waals surface area contributed by atoms with Gasteiger partial charge in [0.15, 0.2) is 5.69 Å². The molecule has 2 aromatic rings. The van der Waals surface area contributed by atoms with Crippen molar-refractivity contribution in [3.05, 3.63) is 47.8 Å². The van der Waals surface area contributed by atoms with Crippen LogP contribution >= 0.6 is 0 Å². The van der Waals surface area contributed by atoms with Gasteiger partial charge in [-0.1, -0.05) is 0 Å². The number of nitrogens with zero attached hydrogens (tertiary/aromatic N) is 4. The summed E-state index contributed by atoms with van der Waals surface area (Å²) < 4.78 is 0. The second-order valence-corrected chi connectivity index (χ2v) is 5.47. The van der Waals surface area contributed by atoms with Crippen LogP contribution in [0.1, 0.15) is 40.8 Å². The van der Waals surface area contributed by atoms with E-state index < -0.39 is 0 Å². The minimum atomic E-state index is -0.213. The smallest absolute Gasteiger partial charge is 0.276 e. The summed E-state index contributed by atoms with van der Waals surface area (Å²) >= 11 is 0. The van der Waals surface area contributed by atoms with Gasteiger partial charge in [0, 0.05) is 37.1 Å². The minimum absolute atomic E-state index is 0.0685. The van der Waals surface area contributed by atoms with Crippen molar-refractivity contribution in [2.24, 2.45) is 0 Å².